The third-order valence-electron chi connectivity index (χ3n) is 4.57. The van der Waals surface area contributed by atoms with Gasteiger partial charge in [-0.25, -0.2) is 0 Å². The van der Waals surface area contributed by atoms with Crippen LogP contribution in [0.1, 0.15) is 110 Å². The third-order valence-corrected chi connectivity index (χ3v) is 4.91. The molecular weight excluding hydrogens is 432 g/mol. The first-order chi connectivity index (χ1) is 14.2. The van der Waals surface area contributed by atoms with Crippen LogP contribution >= 0.6 is 11.6 Å². The number of hydrogen-bond acceptors (Lipinski definition) is 4. The molecule has 1 rings (SSSR count). The van der Waals surface area contributed by atoms with E-state index in [1.165, 1.54) is 83.5 Å². The van der Waals surface area contributed by atoms with E-state index in [4.69, 9.17) is 39.0 Å². The van der Waals surface area contributed by atoms with Gasteiger partial charge in [0, 0.05) is 6.42 Å². The standard InChI is InChI=1S/C18H36O2.C3H5ClO.H2O4S/c1-2-3-4-5-6-7-8-9-10-11-12-13-14-15-16-17-18(19)20;4-1-3-2-5-3;1-5(2,3)4/h2-17H2,1H3,(H,19,20);3H,1-2H2;(H2,1,2,3,4). The Hall–Kier alpha value is -0.410. The van der Waals surface area contributed by atoms with Crippen LogP contribution in [0.15, 0.2) is 0 Å². The van der Waals surface area contributed by atoms with E-state index in [9.17, 15) is 4.79 Å². The Morgan fingerprint density at radius 2 is 1.13 bits per heavy atom. The van der Waals surface area contributed by atoms with Crippen molar-refractivity contribution in [3.05, 3.63) is 0 Å². The van der Waals surface area contributed by atoms with Crippen molar-refractivity contribution in [3.8, 4) is 0 Å². The van der Waals surface area contributed by atoms with Crippen LogP contribution in [0.5, 0.6) is 0 Å². The van der Waals surface area contributed by atoms with Gasteiger partial charge in [0.15, 0.2) is 0 Å². The van der Waals surface area contributed by atoms with Gasteiger partial charge in [0.25, 0.3) is 0 Å². The van der Waals surface area contributed by atoms with Crippen molar-refractivity contribution in [2.75, 3.05) is 12.5 Å². The molecule has 0 amide bonds. The zero-order valence-electron chi connectivity index (χ0n) is 18.6. The molecule has 0 aliphatic carbocycles. The van der Waals surface area contributed by atoms with E-state index in [1.54, 1.807) is 0 Å². The summed E-state index contributed by atoms with van der Waals surface area (Å²) in [6, 6.07) is 0. The largest absolute Gasteiger partial charge is 0.481 e. The van der Waals surface area contributed by atoms with Crippen molar-refractivity contribution in [2.45, 2.75) is 116 Å². The fourth-order valence-electron chi connectivity index (χ4n) is 2.80. The van der Waals surface area contributed by atoms with Gasteiger partial charge in [-0.2, -0.15) is 8.42 Å². The van der Waals surface area contributed by atoms with E-state index >= 15 is 0 Å². The number of ether oxygens (including phenoxy) is 1. The first-order valence-corrected chi connectivity index (χ1v) is 13.2. The highest BCUT2D eigenvalue weighted by molar-refractivity contribution is 7.79. The quantitative estimate of drug-likeness (QED) is 0.0976. The molecule has 3 N–H and O–H groups in total. The minimum Gasteiger partial charge on any atom is -0.481 e. The maximum atomic E-state index is 10.3. The van der Waals surface area contributed by atoms with Crippen LogP contribution in [0.3, 0.4) is 0 Å². The maximum Gasteiger partial charge on any atom is 0.394 e. The zero-order valence-corrected chi connectivity index (χ0v) is 20.1. The van der Waals surface area contributed by atoms with Gasteiger partial charge < -0.3 is 9.84 Å². The van der Waals surface area contributed by atoms with Crippen molar-refractivity contribution in [1.29, 1.82) is 0 Å². The number of hydrogen-bond donors (Lipinski definition) is 3. The minimum absolute atomic E-state index is 0.345. The van der Waals surface area contributed by atoms with Crippen LogP contribution in [0.2, 0.25) is 0 Å². The second-order valence-electron chi connectivity index (χ2n) is 7.65. The smallest absolute Gasteiger partial charge is 0.394 e. The van der Waals surface area contributed by atoms with Gasteiger partial charge in [-0.3, -0.25) is 13.9 Å². The number of alkyl halides is 1. The van der Waals surface area contributed by atoms with Gasteiger partial charge in [0.05, 0.1) is 18.6 Å². The molecule has 7 nitrogen and oxygen atoms in total. The van der Waals surface area contributed by atoms with Gasteiger partial charge in [0.1, 0.15) is 0 Å². The van der Waals surface area contributed by atoms with Crippen LogP contribution in [-0.4, -0.2) is 47.2 Å². The number of rotatable bonds is 17. The average molecular weight is 475 g/mol. The van der Waals surface area contributed by atoms with Gasteiger partial charge in [-0.1, -0.05) is 96.8 Å². The highest BCUT2D eigenvalue weighted by atomic mass is 35.5. The Labute approximate surface area is 188 Å². The minimum atomic E-state index is -4.67. The van der Waals surface area contributed by atoms with Crippen LogP contribution in [0, 0.1) is 0 Å². The lowest BCUT2D eigenvalue weighted by Crippen LogP contribution is -1.93. The number of halogens is 1. The molecule has 1 aliphatic rings. The summed E-state index contributed by atoms with van der Waals surface area (Å²) in [6.45, 7) is 3.15. The van der Waals surface area contributed by atoms with E-state index in [1.807, 2.05) is 0 Å². The van der Waals surface area contributed by atoms with Gasteiger partial charge in [-0.15, -0.1) is 11.6 Å². The average Bonchev–Trinajstić information content (AvgIpc) is 3.48. The molecular formula is C21H43ClO7S. The van der Waals surface area contributed by atoms with Crippen LogP contribution < -0.4 is 0 Å². The highest BCUT2D eigenvalue weighted by Gasteiger charge is 2.19. The van der Waals surface area contributed by atoms with Crippen molar-refractivity contribution in [3.63, 3.8) is 0 Å². The Kier molecular flexibility index (Phi) is 24.6. The summed E-state index contributed by atoms with van der Waals surface area (Å²) < 4.78 is 36.3. The topological polar surface area (TPSA) is 124 Å². The number of epoxide rings is 1. The molecule has 0 aromatic rings. The Bertz CT molecular complexity index is 460. The maximum absolute atomic E-state index is 10.3. The summed E-state index contributed by atoms with van der Waals surface area (Å²) in [5.41, 5.74) is 0. The van der Waals surface area contributed by atoms with E-state index in [2.05, 4.69) is 6.92 Å². The molecule has 1 heterocycles. The number of aliphatic carboxylic acids is 1. The van der Waals surface area contributed by atoms with Gasteiger partial charge in [-0.05, 0) is 6.42 Å². The lowest BCUT2D eigenvalue weighted by atomic mass is 10.0. The second kappa shape index (κ2) is 23.3. The fraction of sp³-hybridized carbons (Fsp3) is 0.952. The van der Waals surface area contributed by atoms with Crippen molar-refractivity contribution < 1.29 is 32.2 Å². The molecule has 0 aromatic heterocycles. The molecule has 0 aromatic carbocycles. The lowest BCUT2D eigenvalue weighted by Gasteiger charge is -2.03. The van der Waals surface area contributed by atoms with Crippen LogP contribution in [-0.2, 0) is 19.9 Å². The molecule has 1 aliphatic heterocycles. The number of carboxylic acid groups (broad SMARTS) is 1. The predicted octanol–water partition coefficient (Wildman–Crippen LogP) is 6.30. The summed E-state index contributed by atoms with van der Waals surface area (Å²) in [6.07, 6.45) is 20.6. The van der Waals surface area contributed by atoms with Gasteiger partial charge in [0.2, 0.25) is 0 Å². The summed E-state index contributed by atoms with van der Waals surface area (Å²) in [7, 11) is -4.67. The highest BCUT2D eigenvalue weighted by Crippen LogP contribution is 2.13. The molecule has 1 fully saturated rings. The molecule has 182 valence electrons. The Balaban J connectivity index is 0. The first kappa shape index (κ1) is 31.8. The van der Waals surface area contributed by atoms with E-state index in [-0.39, 0.29) is 0 Å². The molecule has 9 heteroatoms. The monoisotopic (exact) mass is 474 g/mol. The summed E-state index contributed by atoms with van der Waals surface area (Å²) >= 11 is 5.27. The summed E-state index contributed by atoms with van der Waals surface area (Å²) in [4.78, 5) is 10.3. The first-order valence-electron chi connectivity index (χ1n) is 11.3. The SMILES string of the molecule is CCCCCCCCCCCCCCCCCC(=O)O.ClCC1CO1.O=S(=O)(O)O. The van der Waals surface area contributed by atoms with E-state index in [0.717, 1.165) is 19.4 Å². The van der Waals surface area contributed by atoms with Crippen molar-refractivity contribution in [1.82, 2.24) is 0 Å². The number of carboxylic acids is 1. The molecule has 1 unspecified atom stereocenters. The molecule has 30 heavy (non-hydrogen) atoms. The second-order valence-corrected chi connectivity index (χ2v) is 8.86. The van der Waals surface area contributed by atoms with Crippen molar-refractivity contribution in [2.24, 2.45) is 0 Å². The summed E-state index contributed by atoms with van der Waals surface area (Å²) in [5.74, 6) is 0.0136. The Morgan fingerprint density at radius 3 is 1.33 bits per heavy atom. The van der Waals surface area contributed by atoms with E-state index < -0.39 is 16.4 Å². The van der Waals surface area contributed by atoms with Crippen LogP contribution in [0.4, 0.5) is 0 Å². The lowest BCUT2D eigenvalue weighted by molar-refractivity contribution is -0.137. The number of unbranched alkanes of at least 4 members (excludes halogenated alkanes) is 14. The normalized spacial score (nSPS) is 14.9. The Morgan fingerprint density at radius 1 is 0.833 bits per heavy atom. The van der Waals surface area contributed by atoms with Gasteiger partial charge >= 0.3 is 16.4 Å². The predicted molar refractivity (Wildman–Crippen MR) is 122 cm³/mol. The molecule has 1 atom stereocenters. The van der Waals surface area contributed by atoms with Crippen LogP contribution in [0.25, 0.3) is 0 Å². The molecule has 1 saturated heterocycles. The fourth-order valence-corrected chi connectivity index (χ4v) is 2.98. The molecule has 0 saturated carbocycles. The molecule has 0 bridgehead atoms. The summed E-state index contributed by atoms with van der Waals surface area (Å²) in [5, 5.41) is 8.52. The van der Waals surface area contributed by atoms with E-state index in [0.29, 0.717) is 18.4 Å². The number of carbonyl (C=O) groups is 1. The molecule has 0 radical (unpaired) electrons. The zero-order chi connectivity index (χ0) is 23.1. The third kappa shape index (κ3) is 41.8. The molecule has 0 spiro atoms. The van der Waals surface area contributed by atoms with Crippen molar-refractivity contribution >= 4 is 28.0 Å².